The van der Waals surface area contributed by atoms with E-state index in [1.807, 2.05) is 0 Å². The molecule has 0 bridgehead atoms. The topological polar surface area (TPSA) is 90.9 Å². The van der Waals surface area contributed by atoms with Gasteiger partial charge in [-0.05, 0) is 13.8 Å². The maximum atomic E-state index is 11.6. The smallest absolute Gasteiger partial charge is 0.221 e. The number of rotatable bonds is 2. The molecule has 13 heavy (non-hydrogen) atoms. The van der Waals surface area contributed by atoms with Gasteiger partial charge in [0.2, 0.25) is 14.9 Å². The van der Waals surface area contributed by atoms with Gasteiger partial charge < -0.3 is 5.73 Å². The molecule has 0 aliphatic carbocycles. The van der Waals surface area contributed by atoms with E-state index in [0.717, 1.165) is 0 Å². The lowest BCUT2D eigenvalue weighted by molar-refractivity contribution is 0.583. The van der Waals surface area contributed by atoms with Gasteiger partial charge >= 0.3 is 0 Å². The lowest BCUT2D eigenvalue weighted by Crippen LogP contribution is -2.16. The van der Waals surface area contributed by atoms with E-state index in [9.17, 15) is 8.42 Å². The van der Waals surface area contributed by atoms with Crippen LogP contribution in [0.5, 0.6) is 0 Å². The summed E-state index contributed by atoms with van der Waals surface area (Å²) in [4.78, 5) is 0. The molecule has 1 heterocycles. The van der Waals surface area contributed by atoms with Crippen LogP contribution in [0.3, 0.4) is 0 Å². The van der Waals surface area contributed by atoms with Crippen LogP contribution < -0.4 is 5.73 Å². The largest absolute Gasteiger partial charge is 0.381 e. The Labute approximate surface area is 76.7 Å². The van der Waals surface area contributed by atoms with E-state index < -0.39 is 15.1 Å². The molecule has 0 atom stereocenters. The average Bonchev–Trinajstić information content (AvgIpc) is 2.33. The second-order valence-corrected chi connectivity index (χ2v) is 5.42. The van der Waals surface area contributed by atoms with Crippen molar-refractivity contribution < 1.29 is 8.42 Å². The summed E-state index contributed by atoms with van der Waals surface area (Å²) >= 11 is 0. The summed E-state index contributed by atoms with van der Waals surface area (Å²) in [6.07, 6.45) is 0. The Morgan fingerprint density at radius 3 is 2.31 bits per heavy atom. The fourth-order valence-corrected chi connectivity index (χ4v) is 1.79. The predicted octanol–water partition coefficient (Wildman–Crippen LogP) is -0.421. The summed E-state index contributed by atoms with van der Waals surface area (Å²) in [5.41, 5.74) is 5.49. The number of anilines is 1. The van der Waals surface area contributed by atoms with Gasteiger partial charge in [-0.3, -0.25) is 0 Å². The molecule has 0 aliphatic heterocycles. The highest BCUT2D eigenvalue weighted by Crippen LogP contribution is 2.18. The molecule has 1 aromatic heterocycles. The Kier molecular flexibility index (Phi) is 2.29. The fraction of sp³-hybridized carbons (Fsp3) is 0.667. The molecule has 0 fully saturated rings. The van der Waals surface area contributed by atoms with Crippen LogP contribution in [-0.2, 0) is 16.9 Å². The Balaban J connectivity index is 3.32. The molecule has 2 N–H and O–H groups in total. The number of hydrogen-bond donors (Lipinski definition) is 1. The summed E-state index contributed by atoms with van der Waals surface area (Å²) in [5, 5.41) is 6.37. The SMILES string of the molecule is CC(C)S(=O)(=O)c1nnn(C)c1N. The predicted molar refractivity (Wildman–Crippen MR) is 47.7 cm³/mol. The van der Waals surface area contributed by atoms with Crippen LogP contribution in [0.15, 0.2) is 5.03 Å². The van der Waals surface area contributed by atoms with Crippen LogP contribution in [0, 0.1) is 0 Å². The van der Waals surface area contributed by atoms with Crippen molar-refractivity contribution in [2.45, 2.75) is 24.1 Å². The quantitative estimate of drug-likeness (QED) is 0.706. The van der Waals surface area contributed by atoms with Crippen molar-refractivity contribution in [1.29, 1.82) is 0 Å². The van der Waals surface area contributed by atoms with Crippen molar-refractivity contribution in [2.24, 2.45) is 7.05 Å². The molecule has 0 saturated carbocycles. The van der Waals surface area contributed by atoms with Gasteiger partial charge in [-0.1, -0.05) is 5.21 Å². The zero-order valence-corrected chi connectivity index (χ0v) is 8.54. The van der Waals surface area contributed by atoms with Crippen LogP contribution >= 0.6 is 0 Å². The highest BCUT2D eigenvalue weighted by atomic mass is 32.2. The van der Waals surface area contributed by atoms with Crippen LogP contribution in [0.1, 0.15) is 13.8 Å². The summed E-state index contributed by atoms with van der Waals surface area (Å²) in [6, 6.07) is 0. The van der Waals surface area contributed by atoms with Gasteiger partial charge in [0.15, 0.2) is 5.82 Å². The molecule has 74 valence electrons. The van der Waals surface area contributed by atoms with E-state index in [2.05, 4.69) is 10.3 Å². The minimum absolute atomic E-state index is 0.0775. The van der Waals surface area contributed by atoms with Gasteiger partial charge in [-0.2, -0.15) is 0 Å². The standard InChI is InChI=1S/C6H12N4O2S/c1-4(2)13(11,12)6-5(7)10(3)9-8-6/h4H,7H2,1-3H3. The van der Waals surface area contributed by atoms with Crippen molar-refractivity contribution in [1.82, 2.24) is 15.0 Å². The van der Waals surface area contributed by atoms with E-state index in [4.69, 9.17) is 5.73 Å². The number of nitrogens with zero attached hydrogens (tertiary/aromatic N) is 3. The third kappa shape index (κ3) is 1.51. The van der Waals surface area contributed by atoms with E-state index in [0.29, 0.717) is 0 Å². The number of nitrogen functional groups attached to an aromatic ring is 1. The number of sulfone groups is 1. The van der Waals surface area contributed by atoms with Crippen LogP contribution in [0.2, 0.25) is 0 Å². The first-order chi connectivity index (χ1) is 5.87. The minimum atomic E-state index is -3.41. The highest BCUT2D eigenvalue weighted by Gasteiger charge is 2.26. The maximum Gasteiger partial charge on any atom is 0.221 e. The molecular formula is C6H12N4O2S. The van der Waals surface area contributed by atoms with E-state index in [-0.39, 0.29) is 10.8 Å². The monoisotopic (exact) mass is 204 g/mol. The molecule has 0 spiro atoms. The van der Waals surface area contributed by atoms with Crippen molar-refractivity contribution in [3.05, 3.63) is 0 Å². The second-order valence-electron chi connectivity index (χ2n) is 3.00. The first-order valence-electron chi connectivity index (χ1n) is 3.76. The van der Waals surface area contributed by atoms with Gasteiger partial charge in [0.1, 0.15) is 0 Å². The van der Waals surface area contributed by atoms with Gasteiger partial charge in [-0.15, -0.1) is 5.10 Å². The molecule has 0 amide bonds. The normalized spacial score (nSPS) is 12.3. The molecule has 0 radical (unpaired) electrons. The van der Waals surface area contributed by atoms with E-state index in [1.54, 1.807) is 20.9 Å². The zero-order chi connectivity index (χ0) is 10.2. The lowest BCUT2D eigenvalue weighted by atomic mass is 10.6. The highest BCUT2D eigenvalue weighted by molar-refractivity contribution is 7.92. The minimum Gasteiger partial charge on any atom is -0.381 e. The summed E-state index contributed by atoms with van der Waals surface area (Å²) in [7, 11) is -1.86. The molecule has 0 aliphatic rings. The van der Waals surface area contributed by atoms with Gasteiger partial charge in [0.05, 0.1) is 5.25 Å². The summed E-state index contributed by atoms with van der Waals surface area (Å²) in [6.45, 7) is 3.15. The number of nitrogens with two attached hydrogens (primary N) is 1. The fourth-order valence-electron chi connectivity index (χ4n) is 0.771. The van der Waals surface area contributed by atoms with Gasteiger partial charge in [-0.25, -0.2) is 13.1 Å². The Morgan fingerprint density at radius 1 is 1.46 bits per heavy atom. The van der Waals surface area contributed by atoms with Crippen molar-refractivity contribution >= 4 is 15.7 Å². The summed E-state index contributed by atoms with van der Waals surface area (Å²) < 4.78 is 24.4. The van der Waals surface area contributed by atoms with Crippen molar-refractivity contribution in [3.8, 4) is 0 Å². The molecule has 0 saturated heterocycles. The van der Waals surface area contributed by atoms with Gasteiger partial charge in [0.25, 0.3) is 0 Å². The molecule has 7 heteroatoms. The molecule has 0 aromatic carbocycles. The van der Waals surface area contributed by atoms with Crippen LogP contribution in [-0.4, -0.2) is 28.7 Å². The molecule has 1 aromatic rings. The molecule has 6 nitrogen and oxygen atoms in total. The van der Waals surface area contributed by atoms with Crippen molar-refractivity contribution in [2.75, 3.05) is 5.73 Å². The first-order valence-corrected chi connectivity index (χ1v) is 5.31. The van der Waals surface area contributed by atoms with Crippen molar-refractivity contribution in [3.63, 3.8) is 0 Å². The Bertz CT molecular complexity index is 406. The number of hydrogen-bond acceptors (Lipinski definition) is 5. The number of aryl methyl sites for hydroxylation is 1. The Morgan fingerprint density at radius 2 is 2.00 bits per heavy atom. The first kappa shape index (κ1) is 9.97. The van der Waals surface area contributed by atoms with E-state index in [1.165, 1.54) is 4.68 Å². The third-order valence-corrected chi connectivity index (χ3v) is 3.80. The molecular weight excluding hydrogens is 192 g/mol. The van der Waals surface area contributed by atoms with E-state index >= 15 is 0 Å². The maximum absolute atomic E-state index is 11.6. The Hall–Kier alpha value is -1.11. The third-order valence-electron chi connectivity index (χ3n) is 1.73. The van der Waals surface area contributed by atoms with Crippen LogP contribution in [0.4, 0.5) is 5.82 Å². The van der Waals surface area contributed by atoms with Gasteiger partial charge in [0, 0.05) is 7.05 Å². The van der Waals surface area contributed by atoms with Crippen LogP contribution in [0.25, 0.3) is 0 Å². The number of aromatic nitrogens is 3. The second kappa shape index (κ2) is 2.99. The average molecular weight is 204 g/mol. The zero-order valence-electron chi connectivity index (χ0n) is 7.72. The molecule has 0 unspecified atom stereocenters. The molecule has 1 rings (SSSR count). The summed E-state index contributed by atoms with van der Waals surface area (Å²) in [5.74, 6) is 0.0775. The lowest BCUT2D eigenvalue weighted by Gasteiger charge is -2.03.